The molecule has 1 aliphatic rings. The number of aromatic nitrogens is 1. The number of hydrogen-bond donors (Lipinski definition) is 2. The molecule has 0 radical (unpaired) electrons. The molecule has 25 heavy (non-hydrogen) atoms. The quantitative estimate of drug-likeness (QED) is 0.830. The van der Waals surface area contributed by atoms with Crippen molar-refractivity contribution in [1.82, 2.24) is 20.7 Å². The second-order valence-corrected chi connectivity index (χ2v) is 6.88. The van der Waals surface area contributed by atoms with E-state index in [1.807, 2.05) is 20.8 Å². The Morgan fingerprint density at radius 1 is 1.36 bits per heavy atom. The van der Waals surface area contributed by atoms with Crippen LogP contribution >= 0.6 is 12.4 Å². The minimum Gasteiger partial charge on any atom is -0.360 e. The SMILES string of the molecule is CC(C)(C)c1cc(C(=O)NCC(N2CCNCC2)C(F)(F)F)no1.Cl. The second kappa shape index (κ2) is 8.37. The average molecular weight is 385 g/mol. The van der Waals surface area contributed by atoms with Gasteiger partial charge in [-0.05, 0) is 0 Å². The predicted molar refractivity (Wildman–Crippen MR) is 89.1 cm³/mol. The maximum absolute atomic E-state index is 13.3. The van der Waals surface area contributed by atoms with Gasteiger partial charge in [-0.15, -0.1) is 12.4 Å². The number of nitrogens with zero attached hydrogens (tertiary/aromatic N) is 2. The van der Waals surface area contributed by atoms with Crippen molar-refractivity contribution in [3.05, 3.63) is 17.5 Å². The molecule has 2 N–H and O–H groups in total. The number of carbonyl (C=O) groups excluding carboxylic acids is 1. The van der Waals surface area contributed by atoms with Gasteiger partial charge in [0.05, 0.1) is 0 Å². The summed E-state index contributed by atoms with van der Waals surface area (Å²) in [6, 6.07) is -0.250. The van der Waals surface area contributed by atoms with Crippen LogP contribution in [0, 0.1) is 0 Å². The molecule has 0 aliphatic carbocycles. The highest BCUT2D eigenvalue weighted by molar-refractivity contribution is 5.92. The molecule has 2 heterocycles. The second-order valence-electron chi connectivity index (χ2n) is 6.88. The Kier molecular flexibility index (Phi) is 7.28. The topological polar surface area (TPSA) is 70.4 Å². The van der Waals surface area contributed by atoms with Crippen molar-refractivity contribution in [3.8, 4) is 0 Å². The Balaban J connectivity index is 0.00000312. The third kappa shape index (κ3) is 5.86. The van der Waals surface area contributed by atoms with Gasteiger partial charge in [-0.25, -0.2) is 0 Å². The van der Waals surface area contributed by atoms with Gasteiger partial charge in [-0.1, -0.05) is 25.9 Å². The van der Waals surface area contributed by atoms with Gasteiger partial charge in [0, 0.05) is 44.2 Å². The molecule has 144 valence electrons. The fourth-order valence-corrected chi connectivity index (χ4v) is 2.46. The summed E-state index contributed by atoms with van der Waals surface area (Å²) in [7, 11) is 0. The van der Waals surface area contributed by atoms with E-state index in [1.165, 1.54) is 11.0 Å². The number of carbonyl (C=O) groups is 1. The Morgan fingerprint density at radius 3 is 2.44 bits per heavy atom. The zero-order valence-corrected chi connectivity index (χ0v) is 15.3. The number of alkyl halides is 3. The van der Waals surface area contributed by atoms with Crippen LogP contribution in [0.4, 0.5) is 13.2 Å². The van der Waals surface area contributed by atoms with E-state index in [0.29, 0.717) is 18.8 Å². The van der Waals surface area contributed by atoms with Crippen molar-refractivity contribution in [2.45, 2.75) is 38.4 Å². The van der Waals surface area contributed by atoms with Crippen LogP contribution in [0.5, 0.6) is 0 Å². The van der Waals surface area contributed by atoms with Crippen LogP contribution in [0.15, 0.2) is 10.6 Å². The van der Waals surface area contributed by atoms with Crippen LogP contribution < -0.4 is 10.6 Å². The van der Waals surface area contributed by atoms with E-state index in [2.05, 4.69) is 15.8 Å². The molecule has 1 aromatic rings. The fourth-order valence-electron chi connectivity index (χ4n) is 2.46. The lowest BCUT2D eigenvalue weighted by Gasteiger charge is -2.35. The van der Waals surface area contributed by atoms with E-state index in [0.717, 1.165) is 0 Å². The molecule has 1 unspecified atom stereocenters. The maximum atomic E-state index is 13.3. The summed E-state index contributed by atoms with van der Waals surface area (Å²) in [5.41, 5.74) is -0.345. The molecule has 1 aliphatic heterocycles. The largest absolute Gasteiger partial charge is 0.405 e. The van der Waals surface area contributed by atoms with Gasteiger partial charge in [0.15, 0.2) is 5.69 Å². The monoisotopic (exact) mass is 384 g/mol. The van der Waals surface area contributed by atoms with Crippen LogP contribution in [-0.4, -0.2) is 60.9 Å². The van der Waals surface area contributed by atoms with E-state index in [9.17, 15) is 18.0 Å². The summed E-state index contributed by atoms with van der Waals surface area (Å²) < 4.78 is 44.9. The first-order valence-corrected chi connectivity index (χ1v) is 7.86. The van der Waals surface area contributed by atoms with Gasteiger partial charge >= 0.3 is 6.18 Å². The predicted octanol–water partition coefficient (Wildman–Crippen LogP) is 1.96. The summed E-state index contributed by atoms with van der Waals surface area (Å²) in [5, 5.41) is 8.98. The van der Waals surface area contributed by atoms with Gasteiger partial charge < -0.3 is 15.2 Å². The van der Waals surface area contributed by atoms with E-state index in [-0.39, 0.29) is 36.6 Å². The first-order chi connectivity index (χ1) is 11.1. The minimum absolute atomic E-state index is 0. The number of nitrogens with one attached hydrogen (secondary N) is 2. The van der Waals surface area contributed by atoms with Gasteiger partial charge in [-0.3, -0.25) is 9.69 Å². The van der Waals surface area contributed by atoms with Crippen LogP contribution in [0.25, 0.3) is 0 Å². The highest BCUT2D eigenvalue weighted by atomic mass is 35.5. The standard InChI is InChI=1S/C15H23F3N4O2.ClH/c1-14(2,3)12-8-10(21-24-12)13(23)20-9-11(15(16,17)18)22-6-4-19-5-7-22;/h8,11,19H,4-7,9H2,1-3H3,(H,20,23);1H. The Bertz CT molecular complexity index is 566. The van der Waals surface area contributed by atoms with E-state index in [1.54, 1.807) is 0 Å². The highest BCUT2D eigenvalue weighted by Gasteiger charge is 2.44. The molecular weight excluding hydrogens is 361 g/mol. The third-order valence-electron chi connectivity index (χ3n) is 3.91. The number of hydrogen-bond acceptors (Lipinski definition) is 5. The summed E-state index contributed by atoms with van der Waals surface area (Å²) in [6.45, 7) is 6.73. The summed E-state index contributed by atoms with van der Waals surface area (Å²) in [6.07, 6.45) is -4.41. The normalized spacial score (nSPS) is 17.7. The van der Waals surface area contributed by atoms with Crippen molar-refractivity contribution >= 4 is 18.3 Å². The first-order valence-electron chi connectivity index (χ1n) is 7.86. The number of rotatable bonds is 4. The molecule has 1 saturated heterocycles. The van der Waals surface area contributed by atoms with Crippen LogP contribution in [0.2, 0.25) is 0 Å². The van der Waals surface area contributed by atoms with E-state index in [4.69, 9.17) is 4.52 Å². The van der Waals surface area contributed by atoms with E-state index < -0.39 is 24.7 Å². The molecular formula is C15H24ClF3N4O2. The third-order valence-corrected chi connectivity index (χ3v) is 3.91. The minimum atomic E-state index is -4.41. The average Bonchev–Trinajstić information content (AvgIpc) is 2.97. The molecule has 1 atom stereocenters. The molecule has 6 nitrogen and oxygen atoms in total. The number of piperazine rings is 1. The number of amides is 1. The summed E-state index contributed by atoms with van der Waals surface area (Å²) >= 11 is 0. The molecule has 1 aromatic heterocycles. The van der Waals surface area contributed by atoms with Crippen LogP contribution in [0.1, 0.15) is 37.0 Å². The van der Waals surface area contributed by atoms with Crippen molar-refractivity contribution in [2.75, 3.05) is 32.7 Å². The molecule has 10 heteroatoms. The van der Waals surface area contributed by atoms with Crippen LogP contribution in [-0.2, 0) is 5.41 Å². The molecule has 0 spiro atoms. The molecule has 0 saturated carbocycles. The Hall–Kier alpha value is -1.32. The van der Waals surface area contributed by atoms with Crippen LogP contribution in [0.3, 0.4) is 0 Å². The maximum Gasteiger partial charge on any atom is 0.405 e. The summed E-state index contributed by atoms with van der Waals surface area (Å²) in [5.74, 6) is -0.166. The lowest BCUT2D eigenvalue weighted by atomic mass is 9.93. The Morgan fingerprint density at radius 2 is 1.96 bits per heavy atom. The lowest BCUT2D eigenvalue weighted by Crippen LogP contribution is -2.57. The lowest BCUT2D eigenvalue weighted by molar-refractivity contribution is -0.183. The van der Waals surface area contributed by atoms with Crippen molar-refractivity contribution in [3.63, 3.8) is 0 Å². The highest BCUT2D eigenvalue weighted by Crippen LogP contribution is 2.25. The first kappa shape index (κ1) is 21.7. The molecule has 0 aromatic carbocycles. The fraction of sp³-hybridized carbons (Fsp3) is 0.733. The van der Waals surface area contributed by atoms with E-state index >= 15 is 0 Å². The molecule has 2 rings (SSSR count). The smallest absolute Gasteiger partial charge is 0.360 e. The van der Waals surface area contributed by atoms with Crippen molar-refractivity contribution in [2.24, 2.45) is 0 Å². The number of halogens is 4. The molecule has 0 bridgehead atoms. The zero-order valence-electron chi connectivity index (χ0n) is 14.4. The van der Waals surface area contributed by atoms with Gasteiger partial charge in [0.2, 0.25) is 0 Å². The Labute approximate surface area is 150 Å². The zero-order chi connectivity index (χ0) is 18.0. The molecule has 1 fully saturated rings. The van der Waals surface area contributed by atoms with Gasteiger partial charge in [0.25, 0.3) is 5.91 Å². The van der Waals surface area contributed by atoms with Crippen molar-refractivity contribution in [1.29, 1.82) is 0 Å². The van der Waals surface area contributed by atoms with Gasteiger partial charge in [-0.2, -0.15) is 13.2 Å². The summed E-state index contributed by atoms with van der Waals surface area (Å²) in [4.78, 5) is 13.4. The molecule has 1 amide bonds. The van der Waals surface area contributed by atoms with Crippen molar-refractivity contribution < 1.29 is 22.5 Å². The van der Waals surface area contributed by atoms with Gasteiger partial charge in [0.1, 0.15) is 11.8 Å².